The van der Waals surface area contributed by atoms with E-state index in [-0.39, 0.29) is 12.0 Å². The summed E-state index contributed by atoms with van der Waals surface area (Å²) in [4.78, 5) is 18.2. The van der Waals surface area contributed by atoms with Gasteiger partial charge in [0.15, 0.2) is 0 Å². The van der Waals surface area contributed by atoms with Crippen LogP contribution in [0, 0.1) is 0 Å². The molecule has 1 aliphatic rings. The fraction of sp³-hybridized carbons (Fsp3) is 0.450. The molecule has 3 rings (SSSR count). The number of carbonyl (C=O) groups is 1. The molecular weight excluding hydrogens is 346 g/mol. The van der Waals surface area contributed by atoms with Crippen molar-refractivity contribution in [3.05, 3.63) is 52.2 Å². The molecule has 0 aliphatic carbocycles. The molecule has 1 N–H and O–H groups in total. The van der Waals surface area contributed by atoms with Crippen LogP contribution in [0.1, 0.15) is 27.8 Å². The maximum atomic E-state index is 12.8. The zero-order valence-corrected chi connectivity index (χ0v) is 16.3. The highest BCUT2D eigenvalue weighted by Crippen LogP contribution is 2.28. The standard InChI is InChI=1S/C20H27N3O2S/c1-21-9-8-18(19-7-4-14-26-19)25-17-6-3-5-16(15-17)20(24)23-12-10-22(2)11-13-23/h3-7,14-15,18,21H,8-13H2,1-2H3. The number of rotatable bonds is 7. The second-order valence-electron chi connectivity index (χ2n) is 6.64. The summed E-state index contributed by atoms with van der Waals surface area (Å²) in [5.74, 6) is 0.839. The average Bonchev–Trinajstić information content (AvgIpc) is 3.20. The fourth-order valence-electron chi connectivity index (χ4n) is 3.07. The van der Waals surface area contributed by atoms with Gasteiger partial charge in [-0.15, -0.1) is 11.3 Å². The molecule has 0 spiro atoms. The molecule has 1 fully saturated rings. The largest absolute Gasteiger partial charge is 0.485 e. The highest BCUT2D eigenvalue weighted by atomic mass is 32.1. The zero-order chi connectivity index (χ0) is 18.4. The number of benzene rings is 1. The quantitative estimate of drug-likeness (QED) is 0.811. The molecule has 140 valence electrons. The van der Waals surface area contributed by atoms with E-state index < -0.39 is 0 Å². The lowest BCUT2D eigenvalue weighted by atomic mass is 10.1. The third-order valence-electron chi connectivity index (χ3n) is 4.67. The molecule has 26 heavy (non-hydrogen) atoms. The van der Waals surface area contributed by atoms with Crippen LogP contribution in [-0.2, 0) is 0 Å². The maximum absolute atomic E-state index is 12.8. The Morgan fingerprint density at radius 1 is 1.23 bits per heavy atom. The molecule has 2 aromatic rings. The summed E-state index contributed by atoms with van der Waals surface area (Å²) in [7, 11) is 4.03. The van der Waals surface area contributed by atoms with Gasteiger partial charge in [0.1, 0.15) is 11.9 Å². The first-order chi connectivity index (χ1) is 12.7. The summed E-state index contributed by atoms with van der Waals surface area (Å²) in [6.45, 7) is 4.28. The van der Waals surface area contributed by atoms with Crippen molar-refractivity contribution in [2.45, 2.75) is 12.5 Å². The maximum Gasteiger partial charge on any atom is 0.254 e. The summed E-state index contributed by atoms with van der Waals surface area (Å²) >= 11 is 1.70. The Morgan fingerprint density at radius 3 is 2.73 bits per heavy atom. The van der Waals surface area contributed by atoms with Gasteiger partial charge in [-0.05, 0) is 50.3 Å². The number of piperazine rings is 1. The number of carbonyl (C=O) groups excluding carboxylic acids is 1. The number of ether oxygens (including phenoxy) is 1. The van der Waals surface area contributed by atoms with E-state index >= 15 is 0 Å². The first kappa shape index (κ1) is 18.9. The lowest BCUT2D eigenvalue weighted by Gasteiger charge is -2.32. The molecule has 1 aliphatic heterocycles. The predicted molar refractivity (Wildman–Crippen MR) is 106 cm³/mol. The molecule has 2 heterocycles. The number of nitrogens with one attached hydrogen (secondary N) is 1. The van der Waals surface area contributed by atoms with E-state index in [1.807, 2.05) is 42.3 Å². The van der Waals surface area contributed by atoms with Gasteiger partial charge in [0.2, 0.25) is 0 Å². The summed E-state index contributed by atoms with van der Waals surface area (Å²) in [5, 5.41) is 5.25. The summed E-state index contributed by atoms with van der Waals surface area (Å²) < 4.78 is 6.25. The third-order valence-corrected chi connectivity index (χ3v) is 5.63. The van der Waals surface area contributed by atoms with Crippen LogP contribution in [-0.4, -0.2) is 62.5 Å². The first-order valence-corrected chi connectivity index (χ1v) is 9.98. The first-order valence-electron chi connectivity index (χ1n) is 9.10. The topological polar surface area (TPSA) is 44.8 Å². The molecule has 0 saturated carbocycles. The van der Waals surface area contributed by atoms with Crippen LogP contribution < -0.4 is 10.1 Å². The van der Waals surface area contributed by atoms with Crippen molar-refractivity contribution < 1.29 is 9.53 Å². The number of amides is 1. The minimum absolute atomic E-state index is 0.00330. The Morgan fingerprint density at radius 2 is 2.04 bits per heavy atom. The molecule has 1 amide bonds. The van der Waals surface area contributed by atoms with Gasteiger partial charge in [0, 0.05) is 43.0 Å². The minimum atomic E-state index is -0.00330. The molecule has 1 unspecified atom stereocenters. The van der Waals surface area contributed by atoms with Crippen LogP contribution in [0.4, 0.5) is 0 Å². The van der Waals surface area contributed by atoms with Crippen molar-refractivity contribution in [1.82, 2.24) is 15.1 Å². The minimum Gasteiger partial charge on any atom is -0.485 e. The number of hydrogen-bond acceptors (Lipinski definition) is 5. The molecule has 6 heteroatoms. The molecule has 1 aromatic heterocycles. The van der Waals surface area contributed by atoms with Crippen molar-refractivity contribution in [2.24, 2.45) is 0 Å². The Balaban J connectivity index is 1.70. The van der Waals surface area contributed by atoms with Crippen LogP contribution in [0.25, 0.3) is 0 Å². The van der Waals surface area contributed by atoms with E-state index in [1.165, 1.54) is 4.88 Å². The Hall–Kier alpha value is -1.89. The Bertz CT molecular complexity index is 697. The van der Waals surface area contributed by atoms with Gasteiger partial charge in [-0.25, -0.2) is 0 Å². The third kappa shape index (κ3) is 4.84. The highest BCUT2D eigenvalue weighted by molar-refractivity contribution is 7.10. The van der Waals surface area contributed by atoms with E-state index in [2.05, 4.69) is 28.7 Å². The van der Waals surface area contributed by atoms with Crippen LogP contribution in [0.2, 0.25) is 0 Å². The SMILES string of the molecule is CNCCC(Oc1cccc(C(=O)N2CCN(C)CC2)c1)c1cccs1. The van der Waals surface area contributed by atoms with Gasteiger partial charge in [-0.3, -0.25) is 4.79 Å². The van der Waals surface area contributed by atoms with Gasteiger partial charge < -0.3 is 19.9 Å². The van der Waals surface area contributed by atoms with E-state index in [1.54, 1.807) is 11.3 Å². The van der Waals surface area contributed by atoms with Gasteiger partial charge >= 0.3 is 0 Å². The van der Waals surface area contributed by atoms with Crippen LogP contribution >= 0.6 is 11.3 Å². The van der Waals surface area contributed by atoms with Gasteiger partial charge in [0.05, 0.1) is 0 Å². The molecule has 1 atom stereocenters. The molecule has 1 saturated heterocycles. The van der Waals surface area contributed by atoms with Crippen LogP contribution in [0.15, 0.2) is 41.8 Å². The monoisotopic (exact) mass is 373 g/mol. The number of nitrogens with zero attached hydrogens (tertiary/aromatic N) is 2. The smallest absolute Gasteiger partial charge is 0.254 e. The molecular formula is C20H27N3O2S. The average molecular weight is 374 g/mol. The molecule has 5 nitrogen and oxygen atoms in total. The second-order valence-corrected chi connectivity index (χ2v) is 7.62. The predicted octanol–water partition coefficient (Wildman–Crippen LogP) is 2.87. The molecule has 0 radical (unpaired) electrons. The lowest BCUT2D eigenvalue weighted by molar-refractivity contribution is 0.0663. The van der Waals surface area contributed by atoms with Crippen LogP contribution in [0.5, 0.6) is 5.75 Å². The zero-order valence-electron chi connectivity index (χ0n) is 15.5. The normalized spacial score (nSPS) is 16.5. The summed E-state index contributed by atoms with van der Waals surface area (Å²) in [6.07, 6.45) is 0.879. The fourth-order valence-corrected chi connectivity index (χ4v) is 3.86. The van der Waals surface area contributed by atoms with Crippen molar-refractivity contribution in [2.75, 3.05) is 46.8 Å². The molecule has 0 bridgehead atoms. The number of thiophene rings is 1. The lowest BCUT2D eigenvalue weighted by Crippen LogP contribution is -2.47. The van der Waals surface area contributed by atoms with Crippen molar-refractivity contribution >= 4 is 17.2 Å². The van der Waals surface area contributed by atoms with E-state index in [0.717, 1.165) is 44.9 Å². The van der Waals surface area contributed by atoms with E-state index in [4.69, 9.17) is 4.74 Å². The van der Waals surface area contributed by atoms with Gasteiger partial charge in [-0.1, -0.05) is 12.1 Å². The highest BCUT2D eigenvalue weighted by Gasteiger charge is 2.21. The van der Waals surface area contributed by atoms with Crippen molar-refractivity contribution in [3.8, 4) is 5.75 Å². The van der Waals surface area contributed by atoms with Gasteiger partial charge in [0.25, 0.3) is 5.91 Å². The molecule has 1 aromatic carbocycles. The number of hydrogen-bond donors (Lipinski definition) is 1. The van der Waals surface area contributed by atoms with E-state index in [0.29, 0.717) is 5.56 Å². The number of likely N-dealkylation sites (N-methyl/N-ethyl adjacent to an activating group) is 1. The van der Waals surface area contributed by atoms with Crippen LogP contribution in [0.3, 0.4) is 0 Å². The summed E-state index contributed by atoms with van der Waals surface area (Å²) in [5.41, 5.74) is 0.700. The Kier molecular flexibility index (Phi) is 6.66. The van der Waals surface area contributed by atoms with Crippen molar-refractivity contribution in [3.63, 3.8) is 0 Å². The van der Waals surface area contributed by atoms with Crippen molar-refractivity contribution in [1.29, 1.82) is 0 Å². The second kappa shape index (κ2) is 9.16. The van der Waals surface area contributed by atoms with E-state index in [9.17, 15) is 4.79 Å². The van der Waals surface area contributed by atoms with Gasteiger partial charge in [-0.2, -0.15) is 0 Å². The summed E-state index contributed by atoms with van der Waals surface area (Å²) in [6, 6.07) is 11.7. The Labute approximate surface area is 159 Å².